The minimum Gasteiger partial charge on any atom is -0.412 e. The van der Waals surface area contributed by atoms with Crippen LogP contribution in [0.5, 0.6) is 0 Å². The molecule has 2 rings (SSSR count). The fourth-order valence-corrected chi connectivity index (χ4v) is 1.39. The molecule has 0 amide bonds. The first kappa shape index (κ1) is 21.0. The van der Waals surface area contributed by atoms with Crippen molar-refractivity contribution < 1.29 is 25.2 Å². The van der Waals surface area contributed by atoms with Crippen LogP contribution >= 0.6 is 0 Å². The molecule has 2 aromatic carbocycles. The fraction of sp³-hybridized carbons (Fsp3) is 0. The lowest BCUT2D eigenvalue weighted by Gasteiger charge is -1.90. The number of rotatable bonds is 4. The average Bonchev–Trinajstić information content (AvgIpc) is 2.55. The Hall–Kier alpha value is -4.00. The predicted octanol–water partition coefficient (Wildman–Crippen LogP) is 2.18. The van der Waals surface area contributed by atoms with E-state index in [1.165, 1.54) is 0 Å². The van der Waals surface area contributed by atoms with Crippen LogP contribution in [0.3, 0.4) is 0 Å². The number of hydrogen-bond donors (Lipinski definition) is 0. The first-order chi connectivity index (χ1) is 11.2. The standard InChI is InChI=1S/2C6H4N2O4.H2O/c2*9-7(10)5-1-2-6(4-3-5)8(11)12;/h2*1-4H;1H2. The Bertz CT molecular complexity index is 641. The number of benzene rings is 2. The summed E-state index contributed by atoms with van der Waals surface area (Å²) in [7, 11) is 0. The summed E-state index contributed by atoms with van der Waals surface area (Å²) in [6, 6.07) is 8.76. The van der Waals surface area contributed by atoms with Crippen molar-refractivity contribution >= 4 is 22.7 Å². The molecule has 13 heteroatoms. The molecule has 0 aliphatic carbocycles. The lowest BCUT2D eigenvalue weighted by molar-refractivity contribution is -0.389. The molecule has 2 N–H and O–H groups in total. The van der Waals surface area contributed by atoms with Gasteiger partial charge >= 0.3 is 0 Å². The summed E-state index contributed by atoms with van der Waals surface area (Å²) in [4.78, 5) is 38.0. The number of nitro benzene ring substituents is 4. The summed E-state index contributed by atoms with van der Waals surface area (Å²) in [6.07, 6.45) is 0. The van der Waals surface area contributed by atoms with E-state index in [-0.39, 0.29) is 28.2 Å². The zero-order chi connectivity index (χ0) is 18.3. The summed E-state index contributed by atoms with van der Waals surface area (Å²) in [6.45, 7) is 0. The number of nitrogens with zero attached hydrogens (tertiary/aromatic N) is 4. The molecule has 0 spiro atoms. The molecule has 132 valence electrons. The molecule has 0 saturated heterocycles. The number of hydrogen-bond acceptors (Lipinski definition) is 8. The summed E-state index contributed by atoms with van der Waals surface area (Å²) >= 11 is 0. The molecule has 0 saturated carbocycles. The van der Waals surface area contributed by atoms with E-state index < -0.39 is 19.7 Å². The zero-order valence-electron chi connectivity index (χ0n) is 12.2. The highest BCUT2D eigenvalue weighted by Crippen LogP contribution is 2.17. The third-order valence-corrected chi connectivity index (χ3v) is 2.54. The lowest BCUT2D eigenvalue weighted by Crippen LogP contribution is -1.90. The second-order valence-electron chi connectivity index (χ2n) is 4.06. The van der Waals surface area contributed by atoms with Crippen molar-refractivity contribution in [2.75, 3.05) is 0 Å². The maximum absolute atomic E-state index is 10.1. The van der Waals surface area contributed by atoms with Gasteiger partial charge < -0.3 is 5.48 Å². The van der Waals surface area contributed by atoms with Gasteiger partial charge in [-0.25, -0.2) is 0 Å². The molecule has 0 bridgehead atoms. The van der Waals surface area contributed by atoms with Gasteiger partial charge in [-0.15, -0.1) is 0 Å². The van der Waals surface area contributed by atoms with E-state index in [1.54, 1.807) is 0 Å². The van der Waals surface area contributed by atoms with E-state index in [1.807, 2.05) is 0 Å². The molecule has 0 radical (unpaired) electrons. The van der Waals surface area contributed by atoms with Crippen molar-refractivity contribution in [3.8, 4) is 0 Å². The Labute approximate surface area is 138 Å². The molecular weight excluding hydrogens is 344 g/mol. The van der Waals surface area contributed by atoms with Gasteiger partial charge in [0.1, 0.15) is 0 Å². The summed E-state index contributed by atoms with van der Waals surface area (Å²) in [5.74, 6) is 0. The molecule has 0 atom stereocenters. The first-order valence-electron chi connectivity index (χ1n) is 6.00. The van der Waals surface area contributed by atoms with Gasteiger partial charge in [0.25, 0.3) is 22.7 Å². The Morgan fingerprint density at radius 2 is 0.560 bits per heavy atom. The van der Waals surface area contributed by atoms with E-state index in [4.69, 9.17) is 0 Å². The van der Waals surface area contributed by atoms with Gasteiger partial charge in [0.15, 0.2) is 0 Å². The lowest BCUT2D eigenvalue weighted by atomic mass is 10.3. The zero-order valence-corrected chi connectivity index (χ0v) is 12.2. The Kier molecular flexibility index (Phi) is 7.74. The van der Waals surface area contributed by atoms with Crippen LogP contribution in [0.15, 0.2) is 48.5 Å². The van der Waals surface area contributed by atoms with Crippen molar-refractivity contribution in [1.29, 1.82) is 0 Å². The highest BCUT2D eigenvalue weighted by atomic mass is 16.6. The van der Waals surface area contributed by atoms with Crippen molar-refractivity contribution in [3.63, 3.8) is 0 Å². The van der Waals surface area contributed by atoms with Crippen molar-refractivity contribution in [2.24, 2.45) is 0 Å². The monoisotopic (exact) mass is 354 g/mol. The molecule has 0 fully saturated rings. The van der Waals surface area contributed by atoms with Crippen molar-refractivity contribution in [3.05, 3.63) is 89.0 Å². The highest BCUT2D eigenvalue weighted by molar-refractivity contribution is 5.40. The van der Waals surface area contributed by atoms with Gasteiger partial charge in [-0.3, -0.25) is 40.5 Å². The second-order valence-corrected chi connectivity index (χ2v) is 4.06. The SMILES string of the molecule is O.O=[N+]([O-])c1ccc([N+](=O)[O-])cc1.O=[N+]([O-])c1ccc([N+](=O)[O-])cc1. The van der Waals surface area contributed by atoms with E-state index in [9.17, 15) is 40.5 Å². The molecule has 0 aromatic heterocycles. The average molecular weight is 354 g/mol. The molecule has 0 aliphatic heterocycles. The third-order valence-electron chi connectivity index (χ3n) is 2.54. The first-order valence-corrected chi connectivity index (χ1v) is 6.00. The van der Waals surface area contributed by atoms with Gasteiger partial charge in [-0.1, -0.05) is 0 Å². The minimum atomic E-state index is -0.607. The van der Waals surface area contributed by atoms with Crippen LogP contribution in [0.4, 0.5) is 22.7 Å². The molecule has 0 aliphatic rings. The van der Waals surface area contributed by atoms with Gasteiger partial charge in [0.2, 0.25) is 0 Å². The highest BCUT2D eigenvalue weighted by Gasteiger charge is 2.09. The number of non-ortho nitro benzene ring substituents is 4. The van der Waals surface area contributed by atoms with E-state index in [0.717, 1.165) is 48.5 Å². The van der Waals surface area contributed by atoms with Gasteiger partial charge in [0, 0.05) is 48.5 Å². The second kappa shape index (κ2) is 9.21. The topological polar surface area (TPSA) is 204 Å². The predicted molar refractivity (Wildman–Crippen MR) is 83.1 cm³/mol. The largest absolute Gasteiger partial charge is 0.412 e. The summed E-state index contributed by atoms with van der Waals surface area (Å²) in [5.41, 5.74) is -0.609. The van der Waals surface area contributed by atoms with Crippen LogP contribution in [0.2, 0.25) is 0 Å². The van der Waals surface area contributed by atoms with Crippen molar-refractivity contribution in [2.45, 2.75) is 0 Å². The molecule has 13 nitrogen and oxygen atoms in total. The van der Waals surface area contributed by atoms with Gasteiger partial charge in [0.05, 0.1) is 19.7 Å². The van der Waals surface area contributed by atoms with Crippen LogP contribution in [0, 0.1) is 40.5 Å². The van der Waals surface area contributed by atoms with Gasteiger partial charge in [-0.2, -0.15) is 0 Å². The van der Waals surface area contributed by atoms with E-state index in [0.29, 0.717) is 0 Å². The van der Waals surface area contributed by atoms with Gasteiger partial charge in [-0.05, 0) is 0 Å². The Morgan fingerprint density at radius 1 is 0.440 bits per heavy atom. The summed E-state index contributed by atoms with van der Waals surface area (Å²) < 4.78 is 0. The van der Waals surface area contributed by atoms with Crippen LogP contribution in [-0.2, 0) is 0 Å². The quantitative estimate of drug-likeness (QED) is 0.586. The minimum absolute atomic E-state index is 0. The normalized spacial score (nSPS) is 8.96. The molecule has 0 heterocycles. The van der Waals surface area contributed by atoms with Crippen molar-refractivity contribution in [1.82, 2.24) is 0 Å². The number of nitro groups is 4. The maximum atomic E-state index is 10.1. The smallest absolute Gasteiger partial charge is 0.269 e. The molecule has 0 unspecified atom stereocenters. The van der Waals surface area contributed by atoms with E-state index >= 15 is 0 Å². The maximum Gasteiger partial charge on any atom is 0.269 e. The molecule has 2 aromatic rings. The Morgan fingerprint density at radius 3 is 0.640 bits per heavy atom. The molecular formula is C12H10N4O9. The third kappa shape index (κ3) is 6.33. The Balaban J connectivity index is 0.000000443. The van der Waals surface area contributed by atoms with Crippen LogP contribution in [-0.4, -0.2) is 25.2 Å². The summed E-state index contributed by atoms with van der Waals surface area (Å²) in [5, 5.41) is 40.5. The van der Waals surface area contributed by atoms with Crippen LogP contribution in [0.1, 0.15) is 0 Å². The molecule has 25 heavy (non-hydrogen) atoms. The fourth-order valence-electron chi connectivity index (χ4n) is 1.39. The van der Waals surface area contributed by atoms with Crippen LogP contribution < -0.4 is 0 Å². The van der Waals surface area contributed by atoms with E-state index in [2.05, 4.69) is 0 Å². The van der Waals surface area contributed by atoms with Crippen LogP contribution in [0.25, 0.3) is 0 Å².